The van der Waals surface area contributed by atoms with Gasteiger partial charge in [-0.3, -0.25) is 19.2 Å². The number of ether oxygens (including phenoxy) is 7. The van der Waals surface area contributed by atoms with E-state index in [0.29, 0.717) is 77.4 Å². The summed E-state index contributed by atoms with van der Waals surface area (Å²) in [4.78, 5) is 61.4. The number of amides is 4. The van der Waals surface area contributed by atoms with E-state index in [-0.39, 0.29) is 62.1 Å². The van der Waals surface area contributed by atoms with Gasteiger partial charge in [0.25, 0.3) is 5.91 Å². The number of nitrogens with zero attached hydrogens (tertiary/aromatic N) is 3. The number of thiophene rings is 1. The number of benzene rings is 5. The van der Waals surface area contributed by atoms with Crippen LogP contribution in [-0.4, -0.2) is 166 Å². The van der Waals surface area contributed by atoms with Crippen molar-refractivity contribution in [2.75, 3.05) is 92.4 Å². The lowest BCUT2D eigenvalue weighted by atomic mass is 9.85. The molecule has 1 aliphatic heterocycles. The van der Waals surface area contributed by atoms with E-state index in [4.69, 9.17) is 33.2 Å². The number of aromatic hydroxyl groups is 2. The van der Waals surface area contributed by atoms with Gasteiger partial charge in [0.15, 0.2) is 0 Å². The number of carbonyl (C=O) groups excluding carboxylic acids is 4. The molecule has 0 saturated carbocycles. The van der Waals surface area contributed by atoms with Crippen molar-refractivity contribution in [1.29, 1.82) is 0 Å². The predicted molar refractivity (Wildman–Crippen MR) is 334 cm³/mol. The maximum Gasteiger partial charge on any atom is 0.271 e. The molecule has 1 fully saturated rings. The maximum absolute atomic E-state index is 14.0. The summed E-state index contributed by atoms with van der Waals surface area (Å²) in [5.74, 6) is -0.675. The minimum Gasteiger partial charge on any atom is -0.508 e. The number of aliphatic hydroxyl groups excluding tert-OH is 1. The van der Waals surface area contributed by atoms with Gasteiger partial charge < -0.3 is 64.0 Å². The van der Waals surface area contributed by atoms with Gasteiger partial charge in [-0.25, -0.2) is 10.4 Å². The first-order valence-corrected chi connectivity index (χ1v) is 30.5. The zero-order valence-corrected chi connectivity index (χ0v) is 51.2. The molecule has 7 aromatic rings. The van der Waals surface area contributed by atoms with Crippen LogP contribution in [0.5, 0.6) is 17.2 Å². The fraction of sp³-hybridized carbons (Fsp3) is 0.385. The number of likely N-dealkylation sites (tertiary alicyclic amines) is 1. The fourth-order valence-corrected chi connectivity index (χ4v) is 11.6. The van der Waals surface area contributed by atoms with E-state index in [1.165, 1.54) is 4.90 Å². The van der Waals surface area contributed by atoms with Crippen molar-refractivity contribution < 1.29 is 67.7 Å². The highest BCUT2D eigenvalue weighted by Crippen LogP contribution is 2.46. The lowest BCUT2D eigenvalue weighted by Gasteiger charge is -2.35. The number of aliphatic hydroxyl groups is 1. The van der Waals surface area contributed by atoms with Crippen molar-refractivity contribution >= 4 is 62.6 Å². The third-order valence-corrected chi connectivity index (χ3v) is 16.3. The van der Waals surface area contributed by atoms with Gasteiger partial charge in [-0.05, 0) is 126 Å². The van der Waals surface area contributed by atoms with E-state index in [0.717, 1.165) is 58.9 Å². The van der Waals surface area contributed by atoms with Crippen LogP contribution in [0.15, 0.2) is 126 Å². The number of carbonyl (C=O) groups is 4. The highest BCUT2D eigenvalue weighted by atomic mass is 32.1. The molecule has 87 heavy (non-hydrogen) atoms. The first kappa shape index (κ1) is 65.3. The van der Waals surface area contributed by atoms with Gasteiger partial charge >= 0.3 is 0 Å². The van der Waals surface area contributed by atoms with Gasteiger partial charge in [0.1, 0.15) is 42.5 Å². The number of phenolic OH excluding ortho intramolecular Hbond substituents is 2. The molecule has 1 aliphatic rings. The summed E-state index contributed by atoms with van der Waals surface area (Å²) in [5.41, 5.74) is 10.6. The van der Waals surface area contributed by atoms with Crippen LogP contribution in [0.4, 0.5) is 0 Å². The number of aryl methyl sites for hydroxylation is 1. The molecule has 6 N–H and O–H groups in total. The summed E-state index contributed by atoms with van der Waals surface area (Å²) in [5, 5.41) is 41.5. The van der Waals surface area contributed by atoms with Crippen LogP contribution in [0.2, 0.25) is 0 Å². The molecule has 22 heteroatoms. The second-order valence-electron chi connectivity index (χ2n) is 21.7. The van der Waals surface area contributed by atoms with Gasteiger partial charge in [0, 0.05) is 39.1 Å². The average molecular weight is 1230 g/mol. The van der Waals surface area contributed by atoms with Crippen LogP contribution in [0.1, 0.15) is 67.3 Å². The van der Waals surface area contributed by atoms with Crippen molar-refractivity contribution in [2.24, 2.45) is 10.5 Å². The van der Waals surface area contributed by atoms with Crippen LogP contribution >= 0.6 is 22.7 Å². The molecule has 3 heterocycles. The second-order valence-corrected chi connectivity index (χ2v) is 23.6. The minimum absolute atomic E-state index is 0.0301. The number of aromatic nitrogens is 1. The third-order valence-electron chi connectivity index (χ3n) is 14.1. The number of fused-ring (bicyclic) bond motifs is 1. The largest absolute Gasteiger partial charge is 0.508 e. The highest BCUT2D eigenvalue weighted by molar-refractivity contribution is 7.23. The van der Waals surface area contributed by atoms with Crippen molar-refractivity contribution in [2.45, 2.75) is 65.3 Å². The van der Waals surface area contributed by atoms with Crippen LogP contribution < -0.4 is 20.8 Å². The molecular formula is C65H76N6O14S2. The Morgan fingerprint density at radius 1 is 0.701 bits per heavy atom. The van der Waals surface area contributed by atoms with Crippen molar-refractivity contribution in [3.8, 4) is 49.3 Å². The van der Waals surface area contributed by atoms with Crippen molar-refractivity contribution in [3.63, 3.8) is 0 Å². The molecule has 0 aliphatic carbocycles. The molecule has 4 amide bonds. The molecule has 2 aromatic heterocycles. The lowest BCUT2D eigenvalue weighted by Crippen LogP contribution is -2.58. The minimum atomic E-state index is -0.981. The number of hydrogen-bond donors (Lipinski definition) is 6. The normalized spacial score (nSPS) is 15.0. The molecule has 0 bridgehead atoms. The fourth-order valence-electron chi connectivity index (χ4n) is 9.56. The topological polar surface area (TPSA) is 258 Å². The van der Waals surface area contributed by atoms with E-state index in [9.17, 15) is 34.5 Å². The van der Waals surface area contributed by atoms with Crippen LogP contribution in [-0.2, 0) is 42.8 Å². The molecule has 1 saturated heterocycles. The van der Waals surface area contributed by atoms with Crippen LogP contribution in [0.3, 0.4) is 0 Å². The predicted octanol–water partition coefficient (Wildman–Crippen LogP) is 8.69. The van der Waals surface area contributed by atoms with E-state index in [1.54, 1.807) is 65.3 Å². The smallest absolute Gasteiger partial charge is 0.271 e. The van der Waals surface area contributed by atoms with Gasteiger partial charge in [0.2, 0.25) is 17.7 Å². The van der Waals surface area contributed by atoms with Crippen molar-refractivity contribution in [1.82, 2.24) is 25.9 Å². The first-order valence-electron chi connectivity index (χ1n) is 28.8. The number of phenols is 2. The zero-order chi connectivity index (χ0) is 61.7. The molecule has 462 valence electrons. The van der Waals surface area contributed by atoms with Gasteiger partial charge in [0.05, 0.1) is 107 Å². The quantitative estimate of drug-likeness (QED) is 0.0131. The summed E-state index contributed by atoms with van der Waals surface area (Å²) < 4.78 is 40.1. The monoisotopic (exact) mass is 1230 g/mol. The summed E-state index contributed by atoms with van der Waals surface area (Å²) in [6, 6.07) is 32.5. The number of β-amino-alcohol motifs (C(OH)–C–C–N with tert-alkyl or cyclic N) is 1. The summed E-state index contributed by atoms with van der Waals surface area (Å²) in [7, 11) is 0. The van der Waals surface area contributed by atoms with E-state index in [2.05, 4.69) is 26.1 Å². The Hall–Kier alpha value is -7.64. The zero-order valence-electron chi connectivity index (χ0n) is 49.5. The van der Waals surface area contributed by atoms with E-state index in [1.807, 2.05) is 119 Å². The Morgan fingerprint density at radius 2 is 1.26 bits per heavy atom. The summed E-state index contributed by atoms with van der Waals surface area (Å²) >= 11 is 3.11. The molecule has 0 unspecified atom stereocenters. The summed E-state index contributed by atoms with van der Waals surface area (Å²) in [6.45, 7) is 13.1. The molecule has 5 aromatic carbocycles. The van der Waals surface area contributed by atoms with Crippen molar-refractivity contribution in [3.05, 3.63) is 143 Å². The second kappa shape index (κ2) is 32.4. The Kier molecular flexibility index (Phi) is 24.3. The standard InChI is InChI=1S/C65H76N6O14S2/c1-42(45-8-12-47(13-9-45)59-43(2)66-41-86-59)68-63(77)55-36-52(74)39-71(55)64(78)61(65(3,4)5)69-57(75)40-84-33-32-82-29-28-80-25-24-79-26-27-81-30-31-83-34-35-85-53-21-6-44(7-22-53)38-67-70-62(76)49-14-10-46(11-15-49)58-54-23-20-51(73)37-56(54)87-60(58)48-16-18-50(72)19-17-48/h6-23,37-38,41-42,52,55,61,72-74H,24-36,39-40H2,1-5H3,(H,68,77)(H,69,75)(H,70,76)/b67-38+/t42-,52+,55-,61+/m0/s1. The average Bonchev–Trinajstić information content (AvgIpc) is 1.88. The molecule has 8 rings (SSSR count). The first-order chi connectivity index (χ1) is 42.0. The molecular weight excluding hydrogens is 1150 g/mol. The Labute approximate surface area is 514 Å². The SMILES string of the molecule is Cc1ncsc1-c1ccc([C@H](C)NC(=O)[C@@H]2C[C@@H](O)CN2C(=O)[C@@H](NC(=O)COCCOCCOCCOCCOCCOCCOc2ccc(/C=N/NC(=O)c3ccc(-c4c(-c5ccc(O)cc5)sc5cc(O)ccc45)cc3)cc2)C(C)(C)C)cc1. The number of hydrazone groups is 1. The Bertz CT molecular complexity index is 3370. The van der Waals surface area contributed by atoms with Crippen LogP contribution in [0.25, 0.3) is 42.1 Å². The molecule has 20 nitrogen and oxygen atoms in total. The van der Waals surface area contributed by atoms with Gasteiger partial charge in [-0.15, -0.1) is 22.7 Å². The van der Waals surface area contributed by atoms with E-state index < -0.39 is 35.4 Å². The third kappa shape index (κ3) is 19.2. The molecule has 4 atom stereocenters. The van der Waals surface area contributed by atoms with Crippen LogP contribution in [0, 0.1) is 12.3 Å². The lowest BCUT2D eigenvalue weighted by molar-refractivity contribution is -0.144. The molecule has 0 radical (unpaired) electrons. The van der Waals surface area contributed by atoms with Gasteiger partial charge in [-0.2, -0.15) is 5.10 Å². The van der Waals surface area contributed by atoms with Gasteiger partial charge in [-0.1, -0.05) is 57.2 Å². The number of thiazole rings is 1. The maximum atomic E-state index is 14.0. The Morgan fingerprint density at radius 3 is 1.86 bits per heavy atom. The number of rotatable bonds is 32. The van der Waals surface area contributed by atoms with E-state index >= 15 is 0 Å². The number of hydrogen-bond acceptors (Lipinski definition) is 18. The molecule has 0 spiro atoms. The highest BCUT2D eigenvalue weighted by Gasteiger charge is 2.45. The Balaban J connectivity index is 0.606. The summed E-state index contributed by atoms with van der Waals surface area (Å²) in [6.07, 6.45) is 0.745. The number of nitrogens with one attached hydrogen (secondary N) is 3.